The number of hydrogen-bond acceptors (Lipinski definition) is 9. The van der Waals surface area contributed by atoms with Crippen molar-refractivity contribution in [3.8, 4) is 11.5 Å². The van der Waals surface area contributed by atoms with Crippen molar-refractivity contribution in [1.29, 1.82) is 0 Å². The summed E-state index contributed by atoms with van der Waals surface area (Å²) in [4.78, 5) is 24.6. The fourth-order valence-corrected chi connectivity index (χ4v) is 4.68. The summed E-state index contributed by atoms with van der Waals surface area (Å²) >= 11 is 1.29. The Hall–Kier alpha value is -4.52. The van der Waals surface area contributed by atoms with E-state index in [4.69, 9.17) is 4.74 Å². The fourth-order valence-electron chi connectivity index (χ4n) is 3.88. The van der Waals surface area contributed by atoms with E-state index < -0.39 is 6.61 Å². The van der Waals surface area contributed by atoms with E-state index in [1.54, 1.807) is 25.3 Å². The van der Waals surface area contributed by atoms with Crippen LogP contribution in [-0.2, 0) is 35.3 Å². The van der Waals surface area contributed by atoms with Crippen LogP contribution < -0.4 is 20.1 Å². The van der Waals surface area contributed by atoms with Crippen LogP contribution in [0.5, 0.6) is 11.5 Å². The van der Waals surface area contributed by atoms with Gasteiger partial charge in [-0.1, -0.05) is 35.6 Å². The molecule has 4 aromatic rings. The van der Waals surface area contributed by atoms with Crippen molar-refractivity contribution in [2.75, 3.05) is 17.7 Å². The Morgan fingerprint density at radius 2 is 1.51 bits per heavy atom. The molecule has 0 aliphatic carbocycles. The van der Waals surface area contributed by atoms with E-state index in [1.807, 2.05) is 30.3 Å². The molecule has 0 spiro atoms. The van der Waals surface area contributed by atoms with Crippen LogP contribution in [0.25, 0.3) is 0 Å². The summed E-state index contributed by atoms with van der Waals surface area (Å²) in [5, 5.41) is 23.0. The normalized spacial score (nSPS) is 10.8. The molecule has 2 amide bonds. The summed E-state index contributed by atoms with van der Waals surface area (Å²) in [6.07, 6.45) is 3.26. The lowest BCUT2D eigenvalue weighted by Gasteiger charge is -2.06. The number of carbonyl (C=O) groups is 2. The zero-order chi connectivity index (χ0) is 29.0. The monoisotopic (exact) mass is 582 g/mol. The van der Waals surface area contributed by atoms with Gasteiger partial charge in [0.1, 0.15) is 16.5 Å². The predicted molar refractivity (Wildman–Crippen MR) is 149 cm³/mol. The number of anilines is 2. The predicted octanol–water partition coefficient (Wildman–Crippen LogP) is 4.87. The SMILES string of the molecule is COc1cccc(CC(=O)Nc2ccc(CCCCc3nnc(NC(=O)Cc4cccc(OC(F)F)c4)s3)nn2)c1. The Morgan fingerprint density at radius 3 is 2.20 bits per heavy atom. The van der Waals surface area contributed by atoms with Crippen LogP contribution in [0, 0.1) is 0 Å². The third-order valence-corrected chi connectivity index (χ3v) is 6.66. The van der Waals surface area contributed by atoms with E-state index in [0.717, 1.165) is 29.1 Å². The quantitative estimate of drug-likeness (QED) is 0.202. The van der Waals surface area contributed by atoms with Crippen LogP contribution in [0.1, 0.15) is 34.7 Å². The highest BCUT2D eigenvalue weighted by molar-refractivity contribution is 7.15. The first-order valence-electron chi connectivity index (χ1n) is 12.8. The third kappa shape index (κ3) is 9.87. The maximum Gasteiger partial charge on any atom is 0.387 e. The Kier molecular flexibility index (Phi) is 10.6. The zero-order valence-electron chi connectivity index (χ0n) is 22.2. The van der Waals surface area contributed by atoms with Gasteiger partial charge in [-0.25, -0.2) is 0 Å². The van der Waals surface area contributed by atoms with Gasteiger partial charge in [0.25, 0.3) is 0 Å². The van der Waals surface area contributed by atoms with Crippen molar-refractivity contribution in [2.24, 2.45) is 0 Å². The Balaban J connectivity index is 1.15. The number of halogens is 2. The van der Waals surface area contributed by atoms with E-state index in [2.05, 4.69) is 35.8 Å². The number of nitrogens with zero attached hydrogens (tertiary/aromatic N) is 4. The number of rotatable bonds is 14. The Labute approximate surface area is 239 Å². The first kappa shape index (κ1) is 29.5. The van der Waals surface area contributed by atoms with E-state index in [9.17, 15) is 18.4 Å². The summed E-state index contributed by atoms with van der Waals surface area (Å²) in [7, 11) is 1.58. The van der Waals surface area contributed by atoms with E-state index in [0.29, 0.717) is 35.1 Å². The van der Waals surface area contributed by atoms with E-state index in [1.165, 1.54) is 23.5 Å². The van der Waals surface area contributed by atoms with Crippen molar-refractivity contribution < 1.29 is 27.8 Å². The highest BCUT2D eigenvalue weighted by Crippen LogP contribution is 2.20. The maximum atomic E-state index is 12.4. The van der Waals surface area contributed by atoms with Gasteiger partial charge in [-0.2, -0.15) is 13.9 Å². The molecule has 2 aromatic carbocycles. The molecule has 0 fully saturated rings. The van der Waals surface area contributed by atoms with Gasteiger partial charge in [0.15, 0.2) is 5.82 Å². The number of aromatic nitrogens is 4. The van der Waals surface area contributed by atoms with Gasteiger partial charge in [0.05, 0.1) is 25.6 Å². The topological polar surface area (TPSA) is 128 Å². The molecule has 0 radical (unpaired) electrons. The zero-order valence-corrected chi connectivity index (χ0v) is 23.0. The first-order chi connectivity index (χ1) is 19.9. The molecule has 0 unspecified atom stereocenters. The summed E-state index contributed by atoms with van der Waals surface area (Å²) in [6, 6.07) is 16.9. The molecular weight excluding hydrogens is 554 g/mol. The maximum absolute atomic E-state index is 12.4. The van der Waals surface area contributed by atoms with E-state index in [-0.39, 0.29) is 30.4 Å². The molecule has 0 atom stereocenters. The number of carbonyl (C=O) groups excluding carboxylic acids is 2. The van der Waals surface area contributed by atoms with Crippen LogP contribution in [0.15, 0.2) is 60.7 Å². The van der Waals surface area contributed by atoms with Gasteiger partial charge in [-0.3, -0.25) is 9.59 Å². The molecular formula is C28H28F2N6O4S. The molecule has 2 heterocycles. The van der Waals surface area contributed by atoms with Gasteiger partial charge in [-0.15, -0.1) is 15.3 Å². The lowest BCUT2D eigenvalue weighted by atomic mass is 10.1. The standard InChI is InChI=1S/C28H28F2N6O4S/c1-39-21-9-4-6-18(14-21)16-24(37)31-23-13-12-20(33-34-23)8-2-3-11-26-35-36-28(41-26)32-25(38)17-19-7-5-10-22(15-19)40-27(29)30/h4-7,9-10,12-15,27H,2-3,8,11,16-17H2,1H3,(H,31,34,37)(H,32,36,38). The largest absolute Gasteiger partial charge is 0.497 e. The fraction of sp³-hybridized carbons (Fsp3) is 0.286. The summed E-state index contributed by atoms with van der Waals surface area (Å²) < 4.78 is 34.3. The van der Waals surface area contributed by atoms with Gasteiger partial charge in [0, 0.05) is 6.42 Å². The van der Waals surface area contributed by atoms with Crippen molar-refractivity contribution in [2.45, 2.75) is 45.1 Å². The van der Waals surface area contributed by atoms with Gasteiger partial charge >= 0.3 is 6.61 Å². The number of ether oxygens (including phenoxy) is 2. The number of unbranched alkanes of at least 4 members (excludes halogenated alkanes) is 1. The molecule has 0 aliphatic rings. The van der Waals surface area contributed by atoms with Crippen LogP contribution in [0.4, 0.5) is 19.7 Å². The first-order valence-corrected chi connectivity index (χ1v) is 13.6. The molecule has 4 rings (SSSR count). The van der Waals surface area contributed by atoms with Crippen molar-refractivity contribution >= 4 is 34.1 Å². The lowest BCUT2D eigenvalue weighted by Crippen LogP contribution is -2.15. The Bertz CT molecular complexity index is 1450. The molecule has 0 saturated heterocycles. The van der Waals surface area contributed by atoms with Crippen molar-refractivity contribution in [3.05, 3.63) is 82.5 Å². The van der Waals surface area contributed by atoms with Crippen LogP contribution in [0.3, 0.4) is 0 Å². The second-order valence-electron chi connectivity index (χ2n) is 8.95. The number of benzene rings is 2. The Morgan fingerprint density at radius 1 is 0.829 bits per heavy atom. The molecule has 41 heavy (non-hydrogen) atoms. The number of aryl methyl sites for hydroxylation is 2. The molecule has 214 valence electrons. The average molecular weight is 583 g/mol. The number of alkyl halides is 2. The molecule has 13 heteroatoms. The molecule has 0 aliphatic heterocycles. The van der Waals surface area contributed by atoms with Crippen molar-refractivity contribution in [1.82, 2.24) is 20.4 Å². The van der Waals surface area contributed by atoms with Gasteiger partial charge < -0.3 is 20.1 Å². The summed E-state index contributed by atoms with van der Waals surface area (Å²) in [6.45, 7) is -2.93. The number of amides is 2. The van der Waals surface area contributed by atoms with Crippen LogP contribution in [-0.4, -0.2) is 45.9 Å². The highest BCUT2D eigenvalue weighted by Gasteiger charge is 2.11. The summed E-state index contributed by atoms with van der Waals surface area (Å²) in [5.74, 6) is 0.554. The molecule has 2 N–H and O–H groups in total. The highest BCUT2D eigenvalue weighted by atomic mass is 32.1. The smallest absolute Gasteiger partial charge is 0.387 e. The van der Waals surface area contributed by atoms with E-state index >= 15 is 0 Å². The molecule has 10 nitrogen and oxygen atoms in total. The van der Waals surface area contributed by atoms with Gasteiger partial charge in [-0.05, 0) is 66.8 Å². The lowest BCUT2D eigenvalue weighted by molar-refractivity contribution is -0.116. The third-order valence-electron chi connectivity index (χ3n) is 5.76. The number of nitrogens with one attached hydrogen (secondary N) is 2. The molecule has 0 bridgehead atoms. The minimum absolute atomic E-state index is 0.00213. The van der Waals surface area contributed by atoms with Crippen LogP contribution in [0.2, 0.25) is 0 Å². The van der Waals surface area contributed by atoms with Crippen LogP contribution >= 0.6 is 11.3 Å². The number of hydrogen-bond donors (Lipinski definition) is 2. The number of methoxy groups -OCH3 is 1. The molecule has 0 saturated carbocycles. The molecule has 2 aromatic heterocycles. The average Bonchev–Trinajstić information content (AvgIpc) is 3.38. The van der Waals surface area contributed by atoms with Crippen molar-refractivity contribution in [3.63, 3.8) is 0 Å². The second kappa shape index (κ2) is 14.7. The summed E-state index contributed by atoms with van der Waals surface area (Å²) in [5.41, 5.74) is 2.18. The minimum Gasteiger partial charge on any atom is -0.497 e. The minimum atomic E-state index is -2.93. The second-order valence-corrected chi connectivity index (χ2v) is 10.0. The van der Waals surface area contributed by atoms with Gasteiger partial charge in [0.2, 0.25) is 16.9 Å².